The summed E-state index contributed by atoms with van der Waals surface area (Å²) in [5, 5.41) is 8.45. The average molecular weight is 310 g/mol. The van der Waals surface area contributed by atoms with Crippen molar-refractivity contribution in [3.8, 4) is 0 Å². The maximum Gasteiger partial charge on any atom is 0.327 e. The van der Waals surface area contributed by atoms with Crippen LogP contribution in [0.1, 0.15) is 77.6 Å². The third kappa shape index (κ3) is 8.98. The predicted molar refractivity (Wildman–Crippen MR) is 86.9 cm³/mol. The zero-order valence-corrected chi connectivity index (χ0v) is 13.8. The molecule has 0 bridgehead atoms. The Labute approximate surface area is 133 Å². The Bertz CT molecular complexity index is 362. The number of carbonyl (C=O) groups excluding carboxylic acids is 1. The molecular formula is C18H30O4. The Kier molecular flexibility index (Phi) is 9.80. The number of rotatable bonds is 14. The molecule has 2 unspecified atom stereocenters. The Morgan fingerprint density at radius 2 is 1.77 bits per heavy atom. The number of unbranched alkanes of at least 4 members (excludes halogenated alkanes) is 7. The normalized spacial score (nSPS) is 20.4. The van der Waals surface area contributed by atoms with Gasteiger partial charge < -0.3 is 9.84 Å². The molecule has 0 amide bonds. The number of epoxide rings is 1. The van der Waals surface area contributed by atoms with Gasteiger partial charge >= 0.3 is 5.97 Å². The molecule has 1 fully saturated rings. The molecule has 0 saturated carbocycles. The van der Waals surface area contributed by atoms with Gasteiger partial charge in [-0.1, -0.05) is 51.5 Å². The number of aliphatic carboxylic acids is 1. The highest BCUT2D eigenvalue weighted by molar-refractivity contribution is 5.85. The van der Waals surface area contributed by atoms with Crippen molar-refractivity contribution in [1.29, 1.82) is 0 Å². The fraction of sp³-hybridized carbons (Fsp3) is 0.778. The molecule has 1 aliphatic heterocycles. The smallest absolute Gasteiger partial charge is 0.327 e. The minimum atomic E-state index is -0.887. The van der Waals surface area contributed by atoms with Gasteiger partial charge in [-0.3, -0.25) is 4.79 Å². The number of hydrogen-bond donors (Lipinski definition) is 1. The van der Waals surface area contributed by atoms with Crippen LogP contribution < -0.4 is 0 Å². The lowest BCUT2D eigenvalue weighted by atomic mass is 10.0. The summed E-state index contributed by atoms with van der Waals surface area (Å²) >= 11 is 0. The highest BCUT2D eigenvalue weighted by Gasteiger charge is 2.43. The minimum absolute atomic E-state index is 0.127. The van der Waals surface area contributed by atoms with Crippen molar-refractivity contribution < 1.29 is 19.4 Å². The average Bonchev–Trinajstić information content (AvgIpc) is 3.25. The number of allylic oxidation sites excluding steroid dienone is 1. The van der Waals surface area contributed by atoms with E-state index in [1.807, 2.05) is 0 Å². The lowest BCUT2D eigenvalue weighted by Crippen LogP contribution is -2.09. The van der Waals surface area contributed by atoms with Gasteiger partial charge in [0.05, 0.1) is 6.10 Å². The molecule has 0 aromatic rings. The number of ether oxygens (including phenoxy) is 1. The van der Waals surface area contributed by atoms with E-state index in [4.69, 9.17) is 9.84 Å². The summed E-state index contributed by atoms with van der Waals surface area (Å²) in [6, 6.07) is 0. The molecule has 1 aliphatic rings. The van der Waals surface area contributed by atoms with E-state index in [1.165, 1.54) is 25.3 Å². The van der Waals surface area contributed by atoms with Gasteiger partial charge in [-0.05, 0) is 25.7 Å². The van der Waals surface area contributed by atoms with Crippen LogP contribution in [0.5, 0.6) is 0 Å². The van der Waals surface area contributed by atoms with E-state index in [0.717, 1.165) is 44.9 Å². The number of Topliss-reactive ketones (excluding diaryl/α,β-unsaturated/α-hetero) is 1. The second-order valence-corrected chi connectivity index (χ2v) is 6.10. The van der Waals surface area contributed by atoms with Crippen LogP contribution in [0.25, 0.3) is 0 Å². The van der Waals surface area contributed by atoms with Gasteiger partial charge in [0.25, 0.3) is 0 Å². The fourth-order valence-electron chi connectivity index (χ4n) is 2.66. The summed E-state index contributed by atoms with van der Waals surface area (Å²) in [6.07, 6.45) is 14.3. The second-order valence-electron chi connectivity index (χ2n) is 6.10. The number of ketones is 1. The van der Waals surface area contributed by atoms with Gasteiger partial charge in [-0.25, -0.2) is 4.79 Å². The third-order valence-corrected chi connectivity index (χ3v) is 4.05. The number of carboxylic acids is 1. The second kappa shape index (κ2) is 11.4. The molecule has 2 atom stereocenters. The minimum Gasteiger partial charge on any atom is -0.478 e. The van der Waals surface area contributed by atoms with E-state index in [0.29, 0.717) is 6.42 Å². The van der Waals surface area contributed by atoms with Crippen molar-refractivity contribution in [2.45, 2.75) is 89.8 Å². The molecule has 4 heteroatoms. The summed E-state index contributed by atoms with van der Waals surface area (Å²) in [4.78, 5) is 22.2. The predicted octanol–water partition coefficient (Wildman–Crippen LogP) is 4.27. The van der Waals surface area contributed by atoms with Crippen LogP contribution in [0.2, 0.25) is 0 Å². The van der Waals surface area contributed by atoms with Gasteiger partial charge in [0.15, 0.2) is 5.78 Å². The lowest BCUT2D eigenvalue weighted by Gasteiger charge is -1.99. The quantitative estimate of drug-likeness (QED) is 0.295. The molecule has 1 rings (SSSR count). The highest BCUT2D eigenvalue weighted by Crippen LogP contribution is 2.29. The maximum atomic E-state index is 11.9. The zero-order valence-electron chi connectivity index (χ0n) is 13.8. The molecule has 4 nitrogen and oxygen atoms in total. The molecular weight excluding hydrogens is 280 g/mol. The van der Waals surface area contributed by atoms with Crippen molar-refractivity contribution in [2.75, 3.05) is 0 Å². The number of carbonyl (C=O) groups is 2. The molecule has 0 aromatic heterocycles. The standard InChI is InChI=1S/C18H30O4/c1-2-3-4-6-9-12-15(19)18-16(22-18)13-10-7-5-8-11-14-17(20)21/h11,14,16,18H,2-10,12-13H2,1H3,(H,20,21). The molecule has 1 N–H and O–H groups in total. The van der Waals surface area contributed by atoms with E-state index >= 15 is 0 Å². The van der Waals surface area contributed by atoms with Crippen LogP contribution in [0.3, 0.4) is 0 Å². The van der Waals surface area contributed by atoms with Crippen LogP contribution in [0.15, 0.2) is 12.2 Å². The van der Waals surface area contributed by atoms with Crippen LogP contribution in [-0.4, -0.2) is 29.1 Å². The summed E-state index contributed by atoms with van der Waals surface area (Å²) in [5.41, 5.74) is 0. The van der Waals surface area contributed by atoms with Crippen LogP contribution in [-0.2, 0) is 14.3 Å². The molecule has 0 radical (unpaired) electrons. The van der Waals surface area contributed by atoms with Gasteiger partial charge in [0, 0.05) is 12.5 Å². The molecule has 1 heterocycles. The first-order valence-corrected chi connectivity index (χ1v) is 8.72. The van der Waals surface area contributed by atoms with Crippen LogP contribution >= 0.6 is 0 Å². The first kappa shape index (κ1) is 18.9. The molecule has 1 saturated heterocycles. The SMILES string of the molecule is CCCCCCCC(=O)C1OC1CCCCCC=CC(=O)O. The molecule has 0 spiro atoms. The summed E-state index contributed by atoms with van der Waals surface area (Å²) < 4.78 is 5.47. The maximum absolute atomic E-state index is 11.9. The van der Waals surface area contributed by atoms with E-state index < -0.39 is 5.97 Å². The van der Waals surface area contributed by atoms with E-state index in [1.54, 1.807) is 6.08 Å². The molecule has 22 heavy (non-hydrogen) atoms. The largest absolute Gasteiger partial charge is 0.478 e. The van der Waals surface area contributed by atoms with E-state index in [2.05, 4.69) is 6.92 Å². The van der Waals surface area contributed by atoms with Gasteiger partial charge in [0.1, 0.15) is 6.10 Å². The monoisotopic (exact) mass is 310 g/mol. The van der Waals surface area contributed by atoms with Crippen molar-refractivity contribution in [2.24, 2.45) is 0 Å². The summed E-state index contributed by atoms with van der Waals surface area (Å²) in [5.74, 6) is -0.603. The number of carboxylic acid groups (broad SMARTS) is 1. The summed E-state index contributed by atoms with van der Waals surface area (Å²) in [6.45, 7) is 2.19. The Hall–Kier alpha value is -1.16. The lowest BCUT2D eigenvalue weighted by molar-refractivity contribution is -0.131. The van der Waals surface area contributed by atoms with Gasteiger partial charge in [-0.2, -0.15) is 0 Å². The van der Waals surface area contributed by atoms with Gasteiger partial charge in [-0.15, -0.1) is 0 Å². The van der Waals surface area contributed by atoms with Crippen molar-refractivity contribution >= 4 is 11.8 Å². The summed E-state index contributed by atoms with van der Waals surface area (Å²) in [7, 11) is 0. The molecule has 0 aliphatic carbocycles. The highest BCUT2D eigenvalue weighted by atomic mass is 16.6. The van der Waals surface area contributed by atoms with Gasteiger partial charge in [0.2, 0.25) is 0 Å². The topological polar surface area (TPSA) is 66.9 Å². The van der Waals surface area contributed by atoms with Crippen molar-refractivity contribution in [3.05, 3.63) is 12.2 Å². The van der Waals surface area contributed by atoms with Crippen molar-refractivity contribution in [1.82, 2.24) is 0 Å². The van der Waals surface area contributed by atoms with Crippen LogP contribution in [0, 0.1) is 0 Å². The van der Waals surface area contributed by atoms with Crippen molar-refractivity contribution in [3.63, 3.8) is 0 Å². The van der Waals surface area contributed by atoms with Crippen LogP contribution in [0.4, 0.5) is 0 Å². The fourth-order valence-corrected chi connectivity index (χ4v) is 2.66. The van der Waals surface area contributed by atoms with E-state index in [9.17, 15) is 9.59 Å². The first-order valence-electron chi connectivity index (χ1n) is 8.72. The Morgan fingerprint density at radius 1 is 1.05 bits per heavy atom. The molecule has 126 valence electrons. The molecule has 0 aromatic carbocycles. The first-order chi connectivity index (χ1) is 10.6. The zero-order chi connectivity index (χ0) is 16.2. The Morgan fingerprint density at radius 3 is 2.50 bits per heavy atom. The van der Waals surface area contributed by atoms with E-state index in [-0.39, 0.29) is 18.0 Å². The number of hydrogen-bond acceptors (Lipinski definition) is 3. The third-order valence-electron chi connectivity index (χ3n) is 4.05. The Balaban J connectivity index is 1.93.